The van der Waals surface area contributed by atoms with Crippen molar-refractivity contribution in [1.82, 2.24) is 4.57 Å². The first kappa shape index (κ1) is 39.0. The average Bonchev–Trinajstić information content (AvgIpc) is 3.79. The molecule has 0 aliphatic rings. The predicted molar refractivity (Wildman–Crippen MR) is 228 cm³/mol. The highest BCUT2D eigenvalue weighted by molar-refractivity contribution is 6.24. The number of furan rings is 1. The third-order valence-corrected chi connectivity index (χ3v) is 11.1. The summed E-state index contributed by atoms with van der Waals surface area (Å²) in [5.74, 6) is -0.0860. The number of nitrogens with zero attached hydrogens (tertiary/aromatic N) is 3. The van der Waals surface area contributed by atoms with Crippen molar-refractivity contribution in [2.45, 2.75) is 25.7 Å². The van der Waals surface area contributed by atoms with Crippen LogP contribution in [0.15, 0.2) is 156 Å². The highest BCUT2D eigenvalue weighted by Crippen LogP contribution is 2.49. The highest BCUT2D eigenvalue weighted by atomic mass is 19.4. The third kappa shape index (κ3) is 6.61. The van der Waals surface area contributed by atoms with Gasteiger partial charge < -0.3 is 19.0 Å². The van der Waals surface area contributed by atoms with Gasteiger partial charge in [-0.05, 0) is 90.3 Å². The molecule has 11 heteroatoms. The van der Waals surface area contributed by atoms with Gasteiger partial charge in [0.15, 0.2) is 0 Å². The van der Waals surface area contributed by atoms with Crippen LogP contribution in [0.3, 0.4) is 0 Å². The Bertz CT molecular complexity index is 3230. The Morgan fingerprint density at radius 2 is 1.36 bits per heavy atom. The molecule has 1 N–H and O–H groups in total. The lowest BCUT2D eigenvalue weighted by Crippen LogP contribution is -2.19. The summed E-state index contributed by atoms with van der Waals surface area (Å²) in [6.07, 6.45) is -10.1. The standard InChI is InChI=1S/C50H33F6N3O2/c1-3-58(39-17-7-4-12-30(39)24-29(2)60)41-19-10-13-31(28-57)45(41)46-35(32-25-33(49(51,52)53)27-34(26-32)50(54,55)56)16-11-20-42(46)59-40-18-8-5-15-38(40)47-43(59)23-22-37-36-14-6-9-21-44(36)61-48(37)47/h4-23,25-27,60H,2-3,24H2,1H3. The summed E-state index contributed by atoms with van der Waals surface area (Å²) in [4.78, 5) is 1.91. The van der Waals surface area contributed by atoms with Crippen LogP contribution in [-0.4, -0.2) is 16.2 Å². The van der Waals surface area contributed by atoms with Crippen molar-refractivity contribution < 1.29 is 35.9 Å². The van der Waals surface area contributed by atoms with Gasteiger partial charge >= 0.3 is 12.4 Å². The van der Waals surface area contributed by atoms with Gasteiger partial charge in [0.05, 0.1) is 56.3 Å². The lowest BCUT2D eigenvalue weighted by atomic mass is 9.87. The zero-order valence-corrected chi connectivity index (χ0v) is 32.4. The van der Waals surface area contributed by atoms with Crippen molar-refractivity contribution in [1.29, 1.82) is 5.26 Å². The molecule has 61 heavy (non-hydrogen) atoms. The van der Waals surface area contributed by atoms with Gasteiger partial charge in [-0.15, -0.1) is 0 Å². The van der Waals surface area contributed by atoms with Crippen molar-refractivity contribution in [3.05, 3.63) is 174 Å². The van der Waals surface area contributed by atoms with E-state index in [1.807, 2.05) is 101 Å². The quantitative estimate of drug-likeness (QED) is 0.122. The fourth-order valence-electron chi connectivity index (χ4n) is 8.57. The van der Waals surface area contributed by atoms with Crippen molar-refractivity contribution in [2.75, 3.05) is 11.4 Å². The van der Waals surface area contributed by atoms with Gasteiger partial charge in [0.25, 0.3) is 0 Å². The Hall–Kier alpha value is -7.45. The monoisotopic (exact) mass is 821 g/mol. The predicted octanol–water partition coefficient (Wildman–Crippen LogP) is 14.7. The van der Waals surface area contributed by atoms with E-state index < -0.39 is 23.5 Å². The first-order valence-electron chi connectivity index (χ1n) is 19.3. The SMILES string of the molecule is C=C(O)Cc1ccccc1N(CC)c1cccc(C#N)c1-c1c(-c2cc(C(F)(F)F)cc(C(F)(F)F)c2)cccc1-n1c2ccccc2c2c3oc4ccccc4c3ccc21. The maximum atomic E-state index is 14.5. The lowest BCUT2D eigenvalue weighted by Gasteiger charge is -2.30. The number of nitriles is 1. The van der Waals surface area contributed by atoms with Crippen LogP contribution < -0.4 is 4.90 Å². The first-order valence-corrected chi connectivity index (χ1v) is 19.3. The number of aromatic nitrogens is 1. The molecule has 0 bridgehead atoms. The minimum atomic E-state index is -5.12. The second kappa shape index (κ2) is 14.7. The topological polar surface area (TPSA) is 65.3 Å². The Labute approximate surface area is 345 Å². The minimum Gasteiger partial charge on any atom is -0.513 e. The Balaban J connectivity index is 1.45. The molecule has 302 valence electrons. The van der Waals surface area contributed by atoms with Crippen molar-refractivity contribution in [2.24, 2.45) is 0 Å². The van der Waals surface area contributed by atoms with Crippen LogP contribution in [0.4, 0.5) is 37.7 Å². The van der Waals surface area contributed by atoms with E-state index in [0.717, 1.165) is 33.7 Å². The summed E-state index contributed by atoms with van der Waals surface area (Å²) < 4.78 is 95.6. The normalized spacial score (nSPS) is 12.1. The van der Waals surface area contributed by atoms with E-state index in [-0.39, 0.29) is 46.1 Å². The van der Waals surface area contributed by atoms with Gasteiger partial charge in [0, 0.05) is 45.9 Å². The molecular formula is C50H33F6N3O2. The molecular weight excluding hydrogens is 789 g/mol. The van der Waals surface area contributed by atoms with E-state index in [1.165, 1.54) is 6.07 Å². The van der Waals surface area contributed by atoms with Gasteiger partial charge in [0.1, 0.15) is 11.2 Å². The Morgan fingerprint density at radius 1 is 0.705 bits per heavy atom. The van der Waals surface area contributed by atoms with E-state index in [0.29, 0.717) is 51.4 Å². The number of rotatable bonds is 8. The van der Waals surface area contributed by atoms with Crippen LogP contribution >= 0.6 is 0 Å². The van der Waals surface area contributed by atoms with Crippen molar-refractivity contribution in [3.8, 4) is 34.0 Å². The van der Waals surface area contributed by atoms with E-state index in [2.05, 4.69) is 12.6 Å². The molecule has 0 aliphatic carbocycles. The molecule has 0 saturated heterocycles. The number of aliphatic hydroxyl groups is 1. The lowest BCUT2D eigenvalue weighted by molar-refractivity contribution is -0.143. The molecule has 0 radical (unpaired) electrons. The van der Waals surface area contributed by atoms with Crippen LogP contribution in [-0.2, 0) is 18.8 Å². The summed E-state index contributed by atoms with van der Waals surface area (Å²) >= 11 is 0. The Kier molecular flexibility index (Phi) is 9.39. The number of anilines is 2. The summed E-state index contributed by atoms with van der Waals surface area (Å²) in [7, 11) is 0. The number of para-hydroxylation sites is 3. The smallest absolute Gasteiger partial charge is 0.416 e. The highest BCUT2D eigenvalue weighted by Gasteiger charge is 2.38. The minimum absolute atomic E-state index is 0.0295. The molecule has 0 unspecified atom stereocenters. The molecule has 2 heterocycles. The number of halogens is 6. The van der Waals surface area contributed by atoms with Crippen LogP contribution in [0.1, 0.15) is 29.2 Å². The zero-order valence-electron chi connectivity index (χ0n) is 32.4. The fraction of sp³-hybridized carbons (Fsp3) is 0.100. The molecule has 0 amide bonds. The summed E-state index contributed by atoms with van der Waals surface area (Å²) in [6, 6.07) is 40.0. The van der Waals surface area contributed by atoms with Crippen LogP contribution in [0.2, 0.25) is 0 Å². The number of fused-ring (bicyclic) bond motifs is 7. The van der Waals surface area contributed by atoms with E-state index >= 15 is 0 Å². The Morgan fingerprint density at radius 3 is 2.07 bits per heavy atom. The van der Waals surface area contributed by atoms with Gasteiger partial charge in [-0.2, -0.15) is 31.6 Å². The van der Waals surface area contributed by atoms with E-state index in [4.69, 9.17) is 4.42 Å². The second-order valence-corrected chi connectivity index (χ2v) is 14.7. The summed E-state index contributed by atoms with van der Waals surface area (Å²) in [6.45, 7) is 5.88. The maximum Gasteiger partial charge on any atom is 0.416 e. The number of hydrogen-bond donors (Lipinski definition) is 1. The van der Waals surface area contributed by atoms with Crippen molar-refractivity contribution in [3.63, 3.8) is 0 Å². The van der Waals surface area contributed by atoms with Gasteiger partial charge in [0.2, 0.25) is 0 Å². The molecule has 0 saturated carbocycles. The molecule has 0 aliphatic heterocycles. The molecule has 5 nitrogen and oxygen atoms in total. The maximum absolute atomic E-state index is 14.5. The summed E-state index contributed by atoms with van der Waals surface area (Å²) in [5, 5.41) is 24.5. The van der Waals surface area contributed by atoms with Gasteiger partial charge in [-0.3, -0.25) is 0 Å². The van der Waals surface area contributed by atoms with Crippen molar-refractivity contribution >= 4 is 55.1 Å². The number of alkyl halides is 6. The number of benzene rings is 7. The van der Waals surface area contributed by atoms with Gasteiger partial charge in [-0.1, -0.05) is 79.4 Å². The number of hydrogen-bond acceptors (Lipinski definition) is 4. The molecule has 7 aromatic carbocycles. The van der Waals surface area contributed by atoms with Crippen LogP contribution in [0.5, 0.6) is 0 Å². The molecule has 9 rings (SSSR count). The molecule has 2 aromatic heterocycles. The largest absolute Gasteiger partial charge is 0.513 e. The van der Waals surface area contributed by atoms with Crippen LogP contribution in [0, 0.1) is 11.3 Å². The van der Waals surface area contributed by atoms with E-state index in [9.17, 15) is 36.7 Å². The molecule has 9 aromatic rings. The zero-order chi connectivity index (χ0) is 42.8. The van der Waals surface area contributed by atoms with Gasteiger partial charge in [-0.25, -0.2) is 0 Å². The molecule has 0 fully saturated rings. The average molecular weight is 822 g/mol. The third-order valence-electron chi connectivity index (χ3n) is 11.1. The number of aliphatic hydroxyl groups excluding tert-OH is 1. The summed E-state index contributed by atoms with van der Waals surface area (Å²) in [5.41, 5.74) is 2.16. The first-order chi connectivity index (χ1) is 29.3. The fourth-order valence-corrected chi connectivity index (χ4v) is 8.57. The molecule has 0 spiro atoms. The second-order valence-electron chi connectivity index (χ2n) is 14.7. The molecule has 0 atom stereocenters. The van der Waals surface area contributed by atoms with Crippen LogP contribution in [0.25, 0.3) is 71.7 Å². The number of allylic oxidation sites excluding steroid dienone is 1. The van der Waals surface area contributed by atoms with E-state index in [1.54, 1.807) is 30.3 Å².